The fourth-order valence-electron chi connectivity index (χ4n) is 1.56. The number of hydrogen-bond donors (Lipinski definition) is 0. The van der Waals surface area contributed by atoms with Gasteiger partial charge in [0.25, 0.3) is 0 Å². The molecule has 6 nitrogen and oxygen atoms in total. The van der Waals surface area contributed by atoms with Crippen LogP contribution in [0.4, 0.5) is 15.8 Å². The molecule has 0 N–H and O–H groups in total. The smallest absolute Gasteiger partial charge is 0.151 e. The molecule has 1 aromatic heterocycles. The minimum atomic E-state index is -0.767. The Hall–Kier alpha value is -2.94. The summed E-state index contributed by atoms with van der Waals surface area (Å²) in [6.45, 7) is 0. The van der Waals surface area contributed by atoms with Crippen molar-refractivity contribution in [3.8, 4) is 6.07 Å². The van der Waals surface area contributed by atoms with Crippen LogP contribution in [-0.2, 0) is 0 Å². The zero-order valence-corrected chi connectivity index (χ0v) is 11.2. The normalized spacial score (nSPS) is 10.1. The van der Waals surface area contributed by atoms with Crippen molar-refractivity contribution in [3.63, 3.8) is 0 Å². The summed E-state index contributed by atoms with van der Waals surface area (Å²) in [7, 11) is 0. The van der Waals surface area contributed by atoms with E-state index >= 15 is 0 Å². The number of hydrogen-bond acceptors (Lipinski definition) is 4. The SMILES string of the molecule is N#Cc1cccc(Cl)c1/N=C/c1cncc(F)c1N=[N+]=[N-]. The number of benzene rings is 1. The second kappa shape index (κ2) is 6.48. The molecule has 0 atom stereocenters. The lowest BCUT2D eigenvalue weighted by atomic mass is 10.2. The van der Waals surface area contributed by atoms with Crippen molar-refractivity contribution in [1.29, 1.82) is 5.26 Å². The highest BCUT2D eigenvalue weighted by molar-refractivity contribution is 6.33. The van der Waals surface area contributed by atoms with E-state index in [-0.39, 0.29) is 27.5 Å². The molecular formula is C13H6ClFN6. The van der Waals surface area contributed by atoms with Crippen LogP contribution in [0.3, 0.4) is 0 Å². The van der Waals surface area contributed by atoms with Crippen molar-refractivity contribution < 1.29 is 4.39 Å². The number of nitriles is 1. The number of aliphatic imine (C=N–C) groups is 1. The van der Waals surface area contributed by atoms with Crippen LogP contribution in [0.1, 0.15) is 11.1 Å². The van der Waals surface area contributed by atoms with Crippen molar-refractivity contribution in [1.82, 2.24) is 4.98 Å². The maximum Gasteiger partial charge on any atom is 0.151 e. The standard InChI is InChI=1S/C13H6ClFN6/c14-10-3-1-2-8(4-16)12(10)19-6-9-5-18-7-11(15)13(9)20-21-17/h1-3,5-7H/b19-6+. The van der Waals surface area contributed by atoms with Crippen molar-refractivity contribution in [3.05, 3.63) is 63.0 Å². The summed E-state index contributed by atoms with van der Waals surface area (Å²) in [6, 6.07) is 6.70. The predicted molar refractivity (Wildman–Crippen MR) is 76.4 cm³/mol. The third kappa shape index (κ3) is 3.15. The van der Waals surface area contributed by atoms with Gasteiger partial charge in [-0.05, 0) is 17.7 Å². The average Bonchev–Trinajstić information content (AvgIpc) is 2.48. The quantitative estimate of drug-likeness (QED) is 0.362. The van der Waals surface area contributed by atoms with Gasteiger partial charge in [0.2, 0.25) is 0 Å². The Kier molecular flexibility index (Phi) is 4.46. The van der Waals surface area contributed by atoms with Crippen molar-refractivity contribution in [2.45, 2.75) is 0 Å². The third-order valence-electron chi connectivity index (χ3n) is 2.49. The first-order valence-electron chi connectivity index (χ1n) is 5.58. The Morgan fingerprint density at radius 2 is 2.19 bits per heavy atom. The fraction of sp³-hybridized carbons (Fsp3) is 0. The lowest BCUT2D eigenvalue weighted by Crippen LogP contribution is -1.89. The molecule has 1 aromatic carbocycles. The van der Waals surface area contributed by atoms with E-state index < -0.39 is 5.82 Å². The molecule has 21 heavy (non-hydrogen) atoms. The topological polar surface area (TPSA) is 97.8 Å². The van der Waals surface area contributed by atoms with E-state index in [2.05, 4.69) is 20.0 Å². The Morgan fingerprint density at radius 3 is 2.90 bits per heavy atom. The molecule has 0 amide bonds. The Labute approximate surface area is 123 Å². The van der Waals surface area contributed by atoms with Gasteiger partial charge in [-0.1, -0.05) is 22.8 Å². The maximum absolute atomic E-state index is 13.5. The number of halogens is 2. The van der Waals surface area contributed by atoms with Crippen LogP contribution in [0.15, 0.2) is 40.7 Å². The van der Waals surface area contributed by atoms with Crippen LogP contribution in [0.25, 0.3) is 10.4 Å². The van der Waals surface area contributed by atoms with Gasteiger partial charge in [-0.25, -0.2) is 4.39 Å². The van der Waals surface area contributed by atoms with Gasteiger partial charge in [0, 0.05) is 22.9 Å². The number of aromatic nitrogens is 1. The maximum atomic E-state index is 13.5. The van der Waals surface area contributed by atoms with Gasteiger partial charge in [0.1, 0.15) is 6.07 Å². The van der Waals surface area contributed by atoms with Gasteiger partial charge in [-0.15, -0.1) is 0 Å². The Bertz CT molecular complexity index is 805. The van der Waals surface area contributed by atoms with Gasteiger partial charge < -0.3 is 0 Å². The molecule has 2 aromatic rings. The molecule has 0 bridgehead atoms. The summed E-state index contributed by atoms with van der Waals surface area (Å²) in [4.78, 5) is 10.3. The van der Waals surface area contributed by atoms with Gasteiger partial charge in [-0.3, -0.25) is 9.98 Å². The first-order chi connectivity index (χ1) is 10.2. The van der Waals surface area contributed by atoms with Crippen LogP contribution in [0, 0.1) is 17.1 Å². The molecule has 0 unspecified atom stereocenters. The summed E-state index contributed by atoms with van der Waals surface area (Å²) < 4.78 is 13.5. The zero-order chi connectivity index (χ0) is 15.2. The number of rotatable bonds is 3. The summed E-state index contributed by atoms with van der Waals surface area (Å²) >= 11 is 5.97. The highest BCUT2D eigenvalue weighted by Crippen LogP contribution is 2.29. The molecule has 102 valence electrons. The minimum absolute atomic E-state index is 0.177. The number of nitrogens with zero attached hydrogens (tertiary/aromatic N) is 6. The Balaban J connectivity index is 2.51. The largest absolute Gasteiger partial charge is 0.261 e. The second-order valence-electron chi connectivity index (χ2n) is 3.75. The molecule has 1 heterocycles. The van der Waals surface area contributed by atoms with Crippen molar-refractivity contribution >= 4 is 29.2 Å². The van der Waals surface area contributed by atoms with Gasteiger partial charge in [-0.2, -0.15) is 5.26 Å². The fourth-order valence-corrected chi connectivity index (χ4v) is 1.78. The molecule has 8 heteroatoms. The lowest BCUT2D eigenvalue weighted by Gasteiger charge is -2.02. The molecule has 0 radical (unpaired) electrons. The first kappa shape index (κ1) is 14.5. The monoisotopic (exact) mass is 300 g/mol. The molecule has 0 spiro atoms. The van der Waals surface area contributed by atoms with E-state index in [1.54, 1.807) is 18.2 Å². The van der Waals surface area contributed by atoms with Gasteiger partial charge in [0.15, 0.2) is 5.82 Å². The van der Waals surface area contributed by atoms with E-state index in [9.17, 15) is 4.39 Å². The van der Waals surface area contributed by atoms with E-state index in [0.717, 1.165) is 6.20 Å². The van der Waals surface area contributed by atoms with Crippen molar-refractivity contribution in [2.75, 3.05) is 0 Å². The molecule has 0 aliphatic heterocycles. The van der Waals surface area contributed by atoms with Crippen LogP contribution in [0.2, 0.25) is 5.02 Å². The average molecular weight is 301 g/mol. The molecule has 2 rings (SSSR count). The highest BCUT2D eigenvalue weighted by atomic mass is 35.5. The second-order valence-corrected chi connectivity index (χ2v) is 4.16. The van der Waals surface area contributed by atoms with E-state index in [1.165, 1.54) is 12.4 Å². The van der Waals surface area contributed by atoms with Crippen LogP contribution in [-0.4, -0.2) is 11.2 Å². The molecule has 0 aliphatic carbocycles. The molecule has 0 saturated heterocycles. The van der Waals surface area contributed by atoms with E-state index in [1.807, 2.05) is 6.07 Å². The van der Waals surface area contributed by atoms with E-state index in [4.69, 9.17) is 22.4 Å². The van der Waals surface area contributed by atoms with E-state index in [0.29, 0.717) is 0 Å². The summed E-state index contributed by atoms with van der Waals surface area (Å²) in [5, 5.41) is 12.5. The van der Waals surface area contributed by atoms with Crippen molar-refractivity contribution in [2.24, 2.45) is 10.1 Å². The lowest BCUT2D eigenvalue weighted by molar-refractivity contribution is 0.623. The first-order valence-corrected chi connectivity index (χ1v) is 5.96. The molecule has 0 fully saturated rings. The number of para-hydroxylation sites is 1. The molecular weight excluding hydrogens is 295 g/mol. The molecule has 0 aliphatic rings. The summed E-state index contributed by atoms with van der Waals surface area (Å²) in [5.74, 6) is -0.767. The predicted octanol–water partition coefficient (Wildman–Crippen LogP) is 4.44. The van der Waals surface area contributed by atoms with Crippen LogP contribution < -0.4 is 0 Å². The summed E-state index contributed by atoms with van der Waals surface area (Å²) in [6.07, 6.45) is 3.46. The minimum Gasteiger partial charge on any atom is -0.261 e. The van der Waals surface area contributed by atoms with Gasteiger partial charge >= 0.3 is 0 Å². The molecule has 0 saturated carbocycles. The van der Waals surface area contributed by atoms with Crippen LogP contribution in [0.5, 0.6) is 0 Å². The highest BCUT2D eigenvalue weighted by Gasteiger charge is 2.08. The third-order valence-corrected chi connectivity index (χ3v) is 2.79. The number of azide groups is 1. The summed E-state index contributed by atoms with van der Waals surface area (Å²) in [5.41, 5.74) is 8.92. The number of pyridine rings is 1. The Morgan fingerprint density at radius 1 is 1.38 bits per heavy atom. The van der Waals surface area contributed by atoms with Gasteiger partial charge in [0.05, 0.1) is 28.2 Å². The van der Waals surface area contributed by atoms with Crippen LogP contribution >= 0.6 is 11.6 Å². The zero-order valence-electron chi connectivity index (χ0n) is 10.4.